The Hall–Kier alpha value is -2.49. The van der Waals surface area contributed by atoms with E-state index < -0.39 is 22.9 Å². The van der Waals surface area contributed by atoms with Crippen LogP contribution in [0.25, 0.3) is 22.4 Å². The van der Waals surface area contributed by atoms with Gasteiger partial charge in [-0.15, -0.1) is 0 Å². The lowest BCUT2D eigenvalue weighted by atomic mass is 10.0. The summed E-state index contributed by atoms with van der Waals surface area (Å²) in [5.41, 5.74) is 11.5. The van der Waals surface area contributed by atoms with Gasteiger partial charge in [-0.3, -0.25) is 0 Å². The lowest BCUT2D eigenvalue weighted by molar-refractivity contribution is -0.0244. The molecule has 4 aromatic rings. The Labute approximate surface area is 305 Å². The molecule has 0 radical (unpaired) electrons. The van der Waals surface area contributed by atoms with Gasteiger partial charge in [0.1, 0.15) is 30.0 Å². The third-order valence-electron chi connectivity index (χ3n) is 10.9. The highest BCUT2D eigenvalue weighted by molar-refractivity contribution is 7.98. The molecule has 4 heterocycles. The molecule has 3 aromatic heterocycles. The van der Waals surface area contributed by atoms with Gasteiger partial charge in [0.2, 0.25) is 0 Å². The standard InChI is InChI=1S/C38H59N5O4SSi2/c1-24(2)19-27-20-43(35-30(27)34(39)40-23-41-35)36-33(47-50(12,13)38(7,8)9)32(46-49(10,11)37(4,5)6)29(44-36)22-48-21-28-25(3)42-45-31(28)26-17-15-14-16-18-26/h14-18,20,23-24,29,32-33,36H,19,21-22H2,1-13H3,(H2,39,40,41)/t29-,32-,33-,36-/m1/s1. The highest BCUT2D eigenvalue weighted by atomic mass is 32.2. The zero-order valence-corrected chi connectivity index (χ0v) is 35.3. The van der Waals surface area contributed by atoms with Crippen molar-refractivity contribution in [3.05, 3.63) is 59.7 Å². The highest BCUT2D eigenvalue weighted by Crippen LogP contribution is 2.47. The third-order valence-corrected chi connectivity index (χ3v) is 20.9. The summed E-state index contributed by atoms with van der Waals surface area (Å²) in [6, 6.07) is 10.2. The molecule has 12 heteroatoms. The van der Waals surface area contributed by atoms with Gasteiger partial charge in [-0.25, -0.2) is 9.97 Å². The monoisotopic (exact) mass is 737 g/mol. The van der Waals surface area contributed by atoms with E-state index in [1.807, 2.05) is 36.9 Å². The summed E-state index contributed by atoms with van der Waals surface area (Å²) in [6.07, 6.45) is 3.24. The summed E-state index contributed by atoms with van der Waals surface area (Å²) in [4.78, 5) is 9.18. The maximum atomic E-state index is 7.43. The van der Waals surface area contributed by atoms with E-state index in [0.717, 1.165) is 51.4 Å². The van der Waals surface area contributed by atoms with Crippen molar-refractivity contribution >= 4 is 45.2 Å². The number of hydrogen-bond acceptors (Lipinski definition) is 9. The number of thioether (sulfide) groups is 1. The van der Waals surface area contributed by atoms with Crippen LogP contribution in [-0.4, -0.2) is 60.4 Å². The molecule has 1 aliphatic rings. The SMILES string of the molecule is Cc1noc(-c2ccccc2)c1CSC[C@H]1O[C@@H](n2cc(CC(C)C)c3c(N)ncnc32)[C@H](O[Si](C)(C)C(C)(C)C)[C@@H]1O[Si](C)(C)C(C)(C)C. The minimum atomic E-state index is -2.31. The zero-order valence-electron chi connectivity index (χ0n) is 32.5. The molecule has 0 bridgehead atoms. The zero-order chi connectivity index (χ0) is 36.8. The highest BCUT2D eigenvalue weighted by Gasteiger charge is 2.54. The summed E-state index contributed by atoms with van der Waals surface area (Å²) in [5.74, 6) is 3.19. The molecule has 274 valence electrons. The Balaban J connectivity index is 1.57. The smallest absolute Gasteiger partial charge is 0.192 e. The lowest BCUT2D eigenvalue weighted by Gasteiger charge is -2.44. The van der Waals surface area contributed by atoms with Crippen LogP contribution in [0.5, 0.6) is 0 Å². The second kappa shape index (κ2) is 14.5. The summed E-state index contributed by atoms with van der Waals surface area (Å²) >= 11 is 1.82. The fourth-order valence-corrected chi connectivity index (χ4v) is 9.76. The van der Waals surface area contributed by atoms with E-state index in [-0.39, 0.29) is 28.4 Å². The molecule has 1 saturated heterocycles. The number of anilines is 1. The minimum Gasteiger partial charge on any atom is -0.408 e. The van der Waals surface area contributed by atoms with E-state index in [9.17, 15) is 0 Å². The number of fused-ring (bicyclic) bond motifs is 1. The Morgan fingerprint density at radius 2 is 1.56 bits per heavy atom. The van der Waals surface area contributed by atoms with Crippen LogP contribution in [0.1, 0.15) is 78.4 Å². The molecule has 2 N–H and O–H groups in total. The summed E-state index contributed by atoms with van der Waals surface area (Å²) in [5, 5.41) is 5.22. The van der Waals surface area contributed by atoms with E-state index in [1.165, 1.54) is 0 Å². The number of aryl methyl sites for hydroxylation is 1. The van der Waals surface area contributed by atoms with Crippen LogP contribution in [0, 0.1) is 12.8 Å². The van der Waals surface area contributed by atoms with Crippen molar-refractivity contribution in [3.63, 3.8) is 0 Å². The van der Waals surface area contributed by atoms with Gasteiger partial charge in [-0.05, 0) is 61.1 Å². The van der Waals surface area contributed by atoms with Crippen molar-refractivity contribution in [2.45, 2.75) is 135 Å². The van der Waals surface area contributed by atoms with Gasteiger partial charge < -0.3 is 28.4 Å². The number of rotatable bonds is 12. The maximum Gasteiger partial charge on any atom is 0.192 e. The molecule has 5 rings (SSSR count). The van der Waals surface area contributed by atoms with Crippen molar-refractivity contribution in [2.75, 3.05) is 11.5 Å². The van der Waals surface area contributed by atoms with Gasteiger partial charge >= 0.3 is 0 Å². The Bertz CT molecular complexity index is 1760. The molecule has 1 fully saturated rings. The molecule has 0 spiro atoms. The van der Waals surface area contributed by atoms with Crippen molar-refractivity contribution in [2.24, 2.45) is 5.92 Å². The lowest BCUT2D eigenvalue weighted by Crippen LogP contribution is -2.53. The van der Waals surface area contributed by atoms with Crippen LogP contribution < -0.4 is 5.73 Å². The Morgan fingerprint density at radius 3 is 2.16 bits per heavy atom. The molecular formula is C38H59N5O4SSi2. The Morgan fingerprint density at radius 1 is 0.940 bits per heavy atom. The molecule has 0 amide bonds. The number of nitrogens with zero attached hydrogens (tertiary/aromatic N) is 4. The van der Waals surface area contributed by atoms with Crippen LogP contribution in [-0.2, 0) is 25.8 Å². The van der Waals surface area contributed by atoms with Gasteiger partial charge in [0.05, 0.1) is 17.2 Å². The van der Waals surface area contributed by atoms with Crippen molar-refractivity contribution in [1.29, 1.82) is 0 Å². The number of hydrogen-bond donors (Lipinski definition) is 1. The quantitative estimate of drug-likeness (QED) is 0.142. The van der Waals surface area contributed by atoms with Crippen LogP contribution in [0.3, 0.4) is 0 Å². The molecule has 0 unspecified atom stereocenters. The van der Waals surface area contributed by atoms with Crippen molar-refractivity contribution < 1.29 is 18.1 Å². The fourth-order valence-electron chi connectivity index (χ4n) is 6.00. The maximum absolute atomic E-state index is 7.43. The number of nitrogen functional groups attached to an aromatic ring is 1. The van der Waals surface area contributed by atoms with E-state index in [1.54, 1.807) is 6.33 Å². The largest absolute Gasteiger partial charge is 0.408 e. The van der Waals surface area contributed by atoms with Crippen LogP contribution in [0.2, 0.25) is 36.3 Å². The first-order valence-corrected chi connectivity index (χ1v) is 24.9. The molecule has 0 saturated carbocycles. The first-order chi connectivity index (χ1) is 23.2. The second-order valence-corrected chi connectivity index (χ2v) is 27.9. The van der Waals surface area contributed by atoms with Crippen LogP contribution >= 0.6 is 11.8 Å². The average molecular weight is 738 g/mol. The third kappa shape index (κ3) is 7.95. The molecular weight excluding hydrogens is 679 g/mol. The second-order valence-electron chi connectivity index (χ2n) is 17.3. The molecule has 9 nitrogen and oxygen atoms in total. The van der Waals surface area contributed by atoms with Crippen LogP contribution in [0.4, 0.5) is 5.82 Å². The number of nitrogens with two attached hydrogens (primary N) is 1. The summed E-state index contributed by atoms with van der Waals surface area (Å²) < 4.78 is 30.0. The predicted molar refractivity (Wildman–Crippen MR) is 211 cm³/mol. The van der Waals surface area contributed by atoms with Crippen molar-refractivity contribution in [1.82, 2.24) is 19.7 Å². The van der Waals surface area contributed by atoms with Gasteiger partial charge in [0, 0.05) is 28.8 Å². The minimum absolute atomic E-state index is 0.000713. The predicted octanol–water partition coefficient (Wildman–Crippen LogP) is 9.79. The molecule has 1 aromatic carbocycles. The van der Waals surface area contributed by atoms with Crippen LogP contribution in [0.15, 0.2) is 47.4 Å². The van der Waals surface area contributed by atoms with Gasteiger partial charge in [-0.1, -0.05) is 90.9 Å². The fraction of sp³-hybridized carbons (Fsp3) is 0.605. The Kier molecular flexibility index (Phi) is 11.2. The molecule has 50 heavy (non-hydrogen) atoms. The number of aromatic nitrogens is 4. The van der Waals surface area contributed by atoms with E-state index >= 15 is 0 Å². The first-order valence-electron chi connectivity index (χ1n) is 17.9. The van der Waals surface area contributed by atoms with Crippen molar-refractivity contribution in [3.8, 4) is 11.3 Å². The average Bonchev–Trinajstić information content (AvgIpc) is 3.66. The molecule has 4 atom stereocenters. The number of ether oxygens (including phenoxy) is 1. The summed E-state index contributed by atoms with van der Waals surface area (Å²) in [6.45, 7) is 29.4. The van der Waals surface area contributed by atoms with Gasteiger partial charge in [0.15, 0.2) is 28.6 Å². The molecule has 0 aliphatic carbocycles. The molecule has 1 aliphatic heterocycles. The van der Waals surface area contributed by atoms with E-state index in [4.69, 9.17) is 28.8 Å². The summed E-state index contributed by atoms with van der Waals surface area (Å²) in [7, 11) is -4.58. The topological polar surface area (TPSA) is 110 Å². The van der Waals surface area contributed by atoms with E-state index in [2.05, 4.69) is 115 Å². The van der Waals surface area contributed by atoms with Gasteiger partial charge in [-0.2, -0.15) is 11.8 Å². The van der Waals surface area contributed by atoms with E-state index in [0.29, 0.717) is 17.5 Å². The first kappa shape index (κ1) is 38.7. The van der Waals surface area contributed by atoms with Gasteiger partial charge in [0.25, 0.3) is 0 Å². The number of benzene rings is 1. The normalized spacial score (nSPS) is 20.8.